The first-order valence-electron chi connectivity index (χ1n) is 7.05. The number of nitrogens with zero attached hydrogens (tertiary/aromatic N) is 1. The number of hydrogen-bond acceptors (Lipinski definition) is 3. The van der Waals surface area contributed by atoms with Crippen LogP contribution in [0.5, 0.6) is 0 Å². The van der Waals surface area contributed by atoms with Crippen molar-refractivity contribution in [3.05, 3.63) is 0 Å². The van der Waals surface area contributed by atoms with Gasteiger partial charge in [0.25, 0.3) is 0 Å². The molecule has 2 nitrogen and oxygen atoms in total. The summed E-state index contributed by atoms with van der Waals surface area (Å²) in [7, 11) is 0. The van der Waals surface area contributed by atoms with Crippen LogP contribution in [-0.4, -0.2) is 47.9 Å². The van der Waals surface area contributed by atoms with Crippen LogP contribution in [0.2, 0.25) is 0 Å². The van der Waals surface area contributed by atoms with E-state index in [2.05, 4.69) is 31.0 Å². The van der Waals surface area contributed by atoms with Gasteiger partial charge in [-0.25, -0.2) is 0 Å². The molecule has 1 heterocycles. The molecule has 1 saturated heterocycles. The molecule has 114 valence electrons. The highest BCUT2D eigenvalue weighted by molar-refractivity contribution is 8.00. The van der Waals surface area contributed by atoms with Crippen molar-refractivity contribution in [3.63, 3.8) is 0 Å². The van der Waals surface area contributed by atoms with E-state index in [9.17, 15) is 13.2 Å². The van der Waals surface area contributed by atoms with Gasteiger partial charge in [-0.2, -0.15) is 13.2 Å². The third-order valence-corrected chi connectivity index (χ3v) is 4.72. The Bertz CT molecular complexity index is 261. The fraction of sp³-hybridized carbons (Fsp3) is 1.00. The molecule has 0 aromatic rings. The van der Waals surface area contributed by atoms with Crippen LogP contribution in [0.25, 0.3) is 0 Å². The molecule has 1 aliphatic heterocycles. The Morgan fingerprint density at radius 3 is 2.58 bits per heavy atom. The summed E-state index contributed by atoms with van der Waals surface area (Å²) in [5.74, 6) is 0.698. The first-order chi connectivity index (χ1) is 8.87. The van der Waals surface area contributed by atoms with Crippen LogP contribution in [0.1, 0.15) is 33.6 Å². The molecule has 0 bridgehead atoms. The Morgan fingerprint density at radius 2 is 2.05 bits per heavy atom. The molecule has 6 heteroatoms. The Kier molecular flexibility index (Phi) is 6.97. The Labute approximate surface area is 118 Å². The molecule has 0 spiro atoms. The summed E-state index contributed by atoms with van der Waals surface area (Å²) in [6.07, 6.45) is 2.08. The van der Waals surface area contributed by atoms with Gasteiger partial charge in [0, 0.05) is 37.5 Å². The average molecular weight is 298 g/mol. The summed E-state index contributed by atoms with van der Waals surface area (Å²) < 4.78 is 36.5. The average Bonchev–Trinajstić information content (AvgIpc) is 2.36. The number of halogens is 3. The smallest absolute Gasteiger partial charge is 0.311 e. The van der Waals surface area contributed by atoms with Crippen molar-refractivity contribution >= 4 is 11.8 Å². The van der Waals surface area contributed by atoms with E-state index in [4.69, 9.17) is 0 Å². The predicted molar refractivity (Wildman–Crippen MR) is 75.4 cm³/mol. The molecule has 19 heavy (non-hydrogen) atoms. The topological polar surface area (TPSA) is 15.3 Å². The van der Waals surface area contributed by atoms with Crippen molar-refractivity contribution in [1.82, 2.24) is 10.2 Å². The maximum atomic E-state index is 12.2. The zero-order valence-electron chi connectivity index (χ0n) is 12.0. The van der Waals surface area contributed by atoms with E-state index in [0.29, 0.717) is 24.5 Å². The third kappa shape index (κ3) is 5.92. The van der Waals surface area contributed by atoms with Crippen molar-refractivity contribution in [2.24, 2.45) is 5.92 Å². The van der Waals surface area contributed by atoms with Gasteiger partial charge >= 0.3 is 5.51 Å². The fourth-order valence-corrected chi connectivity index (χ4v) is 3.06. The SMILES string of the molecule is CCC(C)C1CN(CCSC(F)(F)F)C(CC)CN1. The molecule has 1 fully saturated rings. The molecule has 0 aliphatic carbocycles. The van der Waals surface area contributed by atoms with Crippen molar-refractivity contribution in [2.45, 2.75) is 51.2 Å². The number of hydrogen-bond donors (Lipinski definition) is 1. The third-order valence-electron chi connectivity index (χ3n) is 4.01. The molecule has 1 aliphatic rings. The van der Waals surface area contributed by atoms with Crippen LogP contribution in [0, 0.1) is 5.92 Å². The van der Waals surface area contributed by atoms with Gasteiger partial charge in [0.15, 0.2) is 0 Å². The maximum absolute atomic E-state index is 12.2. The second-order valence-electron chi connectivity index (χ2n) is 5.25. The van der Waals surface area contributed by atoms with E-state index in [-0.39, 0.29) is 17.5 Å². The highest BCUT2D eigenvalue weighted by Gasteiger charge is 2.31. The van der Waals surface area contributed by atoms with Gasteiger partial charge in [-0.05, 0) is 24.1 Å². The van der Waals surface area contributed by atoms with Gasteiger partial charge < -0.3 is 5.32 Å². The number of rotatable bonds is 6. The second kappa shape index (κ2) is 7.74. The van der Waals surface area contributed by atoms with Crippen molar-refractivity contribution < 1.29 is 13.2 Å². The van der Waals surface area contributed by atoms with Crippen LogP contribution < -0.4 is 5.32 Å². The number of alkyl halides is 3. The van der Waals surface area contributed by atoms with E-state index < -0.39 is 5.51 Å². The molecule has 3 unspecified atom stereocenters. The summed E-state index contributed by atoms with van der Waals surface area (Å²) in [6.45, 7) is 8.74. The largest absolute Gasteiger partial charge is 0.441 e. The molecule has 3 atom stereocenters. The first-order valence-corrected chi connectivity index (χ1v) is 8.04. The zero-order chi connectivity index (χ0) is 14.5. The molecule has 0 aromatic carbocycles. The van der Waals surface area contributed by atoms with Crippen LogP contribution in [0.3, 0.4) is 0 Å². The van der Waals surface area contributed by atoms with Crippen LogP contribution in [-0.2, 0) is 0 Å². The Hall–Kier alpha value is 0.0600. The van der Waals surface area contributed by atoms with Gasteiger partial charge in [-0.15, -0.1) is 0 Å². The Morgan fingerprint density at radius 1 is 1.37 bits per heavy atom. The maximum Gasteiger partial charge on any atom is 0.441 e. The van der Waals surface area contributed by atoms with Gasteiger partial charge in [0.1, 0.15) is 0 Å². The van der Waals surface area contributed by atoms with Crippen LogP contribution >= 0.6 is 11.8 Å². The minimum Gasteiger partial charge on any atom is -0.311 e. The van der Waals surface area contributed by atoms with Crippen molar-refractivity contribution in [2.75, 3.05) is 25.4 Å². The minimum absolute atomic E-state index is 0.0930. The van der Waals surface area contributed by atoms with E-state index in [1.165, 1.54) is 0 Å². The van der Waals surface area contributed by atoms with Crippen LogP contribution in [0.15, 0.2) is 0 Å². The second-order valence-corrected chi connectivity index (χ2v) is 6.41. The lowest BCUT2D eigenvalue weighted by atomic mass is 9.95. The molecule has 1 N–H and O–H groups in total. The van der Waals surface area contributed by atoms with Gasteiger partial charge in [0.2, 0.25) is 0 Å². The fourth-order valence-electron chi connectivity index (χ4n) is 2.50. The monoisotopic (exact) mass is 298 g/mol. The number of thioether (sulfide) groups is 1. The number of nitrogens with one attached hydrogen (secondary N) is 1. The van der Waals surface area contributed by atoms with E-state index >= 15 is 0 Å². The summed E-state index contributed by atoms with van der Waals surface area (Å²) in [6, 6.07) is 0.776. The predicted octanol–water partition coefficient (Wildman–Crippen LogP) is 3.34. The molecular weight excluding hydrogens is 273 g/mol. The lowest BCUT2D eigenvalue weighted by Gasteiger charge is -2.42. The molecule has 1 rings (SSSR count). The van der Waals surface area contributed by atoms with Crippen molar-refractivity contribution in [1.29, 1.82) is 0 Å². The summed E-state index contributed by atoms with van der Waals surface area (Å²) in [5.41, 5.74) is -4.11. The van der Waals surface area contributed by atoms with Gasteiger partial charge in [-0.1, -0.05) is 27.2 Å². The first kappa shape index (κ1) is 17.1. The van der Waals surface area contributed by atoms with E-state index in [0.717, 1.165) is 25.9 Å². The molecular formula is C13H25F3N2S. The van der Waals surface area contributed by atoms with Gasteiger partial charge in [-0.3, -0.25) is 4.90 Å². The lowest BCUT2D eigenvalue weighted by molar-refractivity contribution is -0.0329. The normalized spacial score (nSPS) is 27.5. The standard InChI is InChI=1S/C13H25F3N2S/c1-4-10(3)12-9-18(11(5-2)8-17-12)6-7-19-13(14,15)16/h10-12,17H,4-9H2,1-3H3. The Balaban J connectivity index is 2.46. The molecule has 0 amide bonds. The van der Waals surface area contributed by atoms with E-state index in [1.54, 1.807) is 0 Å². The lowest BCUT2D eigenvalue weighted by Crippen LogP contribution is -2.58. The minimum atomic E-state index is -4.11. The highest BCUT2D eigenvalue weighted by atomic mass is 32.2. The quantitative estimate of drug-likeness (QED) is 0.809. The summed E-state index contributed by atoms with van der Waals surface area (Å²) in [4.78, 5) is 2.23. The zero-order valence-corrected chi connectivity index (χ0v) is 12.8. The molecule has 0 saturated carbocycles. The van der Waals surface area contributed by atoms with Gasteiger partial charge in [0.05, 0.1) is 0 Å². The van der Waals surface area contributed by atoms with Crippen LogP contribution in [0.4, 0.5) is 13.2 Å². The molecule has 0 aromatic heterocycles. The van der Waals surface area contributed by atoms with Crippen molar-refractivity contribution in [3.8, 4) is 0 Å². The van der Waals surface area contributed by atoms with E-state index in [1.807, 2.05) is 0 Å². The summed E-state index contributed by atoms with van der Waals surface area (Å²) in [5, 5.41) is 3.54. The highest BCUT2D eigenvalue weighted by Crippen LogP contribution is 2.30. The number of piperazine rings is 1. The molecule has 0 radical (unpaired) electrons. The summed E-state index contributed by atoms with van der Waals surface area (Å²) >= 11 is 0.0930.